The van der Waals surface area contributed by atoms with Gasteiger partial charge in [-0.05, 0) is 0 Å². The fourth-order valence-corrected chi connectivity index (χ4v) is 2.44. The molecule has 3 N–H and O–H groups in total. The van der Waals surface area contributed by atoms with E-state index in [0.717, 1.165) is 5.56 Å². The summed E-state index contributed by atoms with van der Waals surface area (Å²) in [7, 11) is 0. The van der Waals surface area contributed by atoms with Crippen LogP contribution in [0.1, 0.15) is 18.3 Å². The van der Waals surface area contributed by atoms with Crippen molar-refractivity contribution in [2.24, 2.45) is 5.73 Å². The highest BCUT2D eigenvalue weighted by Crippen LogP contribution is 2.32. The Labute approximate surface area is 105 Å². The molecule has 18 heavy (non-hydrogen) atoms. The molecule has 1 aromatic carbocycles. The maximum absolute atomic E-state index is 10.00. The third-order valence-corrected chi connectivity index (χ3v) is 3.33. The Morgan fingerprint density at radius 3 is 2.72 bits per heavy atom. The topological polar surface area (TPSA) is 73.9 Å². The van der Waals surface area contributed by atoms with Crippen LogP contribution >= 0.6 is 0 Å². The number of ether oxygens (including phenoxy) is 3. The molecule has 2 fully saturated rings. The van der Waals surface area contributed by atoms with Crippen molar-refractivity contribution in [3.8, 4) is 0 Å². The Morgan fingerprint density at radius 2 is 1.94 bits per heavy atom. The highest BCUT2D eigenvalue weighted by Gasteiger charge is 2.42. The molecule has 3 rings (SSSR count). The summed E-state index contributed by atoms with van der Waals surface area (Å²) in [5, 5.41) is 10.00. The number of aliphatic hydroxyl groups excluding tert-OH is 1. The van der Waals surface area contributed by atoms with Crippen molar-refractivity contribution in [3.63, 3.8) is 0 Å². The molecule has 5 nitrogen and oxygen atoms in total. The highest BCUT2D eigenvalue weighted by molar-refractivity contribution is 5.16. The summed E-state index contributed by atoms with van der Waals surface area (Å²) in [6.07, 6.45) is -1.76. The SMILES string of the molecule is N[C@@H]1C[C@@H](O)[C@H]2OC(c3ccccc3)OC[C@H]2O1. The van der Waals surface area contributed by atoms with E-state index in [1.165, 1.54) is 0 Å². The van der Waals surface area contributed by atoms with Crippen LogP contribution in [0.15, 0.2) is 30.3 Å². The van der Waals surface area contributed by atoms with Gasteiger partial charge in [0.05, 0.1) is 12.7 Å². The zero-order chi connectivity index (χ0) is 12.5. The van der Waals surface area contributed by atoms with Crippen molar-refractivity contribution in [2.75, 3.05) is 6.61 Å². The third-order valence-electron chi connectivity index (χ3n) is 3.33. The lowest BCUT2D eigenvalue weighted by atomic mass is 10.00. The van der Waals surface area contributed by atoms with Gasteiger partial charge in [0.2, 0.25) is 0 Å². The second-order valence-electron chi connectivity index (χ2n) is 4.69. The van der Waals surface area contributed by atoms with Gasteiger partial charge >= 0.3 is 0 Å². The molecule has 5 heteroatoms. The van der Waals surface area contributed by atoms with Crippen LogP contribution in [0, 0.1) is 0 Å². The maximum Gasteiger partial charge on any atom is 0.184 e. The number of hydrogen-bond donors (Lipinski definition) is 2. The molecule has 0 aromatic heterocycles. The van der Waals surface area contributed by atoms with Crippen molar-refractivity contribution < 1.29 is 19.3 Å². The third kappa shape index (κ3) is 2.28. The number of rotatable bonds is 1. The molecule has 98 valence electrons. The van der Waals surface area contributed by atoms with Gasteiger partial charge in [0.25, 0.3) is 0 Å². The molecule has 1 aromatic rings. The van der Waals surface area contributed by atoms with Crippen LogP contribution in [0.25, 0.3) is 0 Å². The molecular formula is C13H17NO4. The zero-order valence-electron chi connectivity index (χ0n) is 9.94. The summed E-state index contributed by atoms with van der Waals surface area (Å²) in [6, 6.07) is 9.67. The van der Waals surface area contributed by atoms with Crippen LogP contribution in [-0.2, 0) is 14.2 Å². The van der Waals surface area contributed by atoms with Crippen molar-refractivity contribution in [1.82, 2.24) is 0 Å². The zero-order valence-corrected chi connectivity index (χ0v) is 9.94. The minimum Gasteiger partial charge on any atom is -0.390 e. The van der Waals surface area contributed by atoms with Gasteiger partial charge in [-0.1, -0.05) is 30.3 Å². The number of benzene rings is 1. The minimum atomic E-state index is -0.603. The van der Waals surface area contributed by atoms with E-state index in [2.05, 4.69) is 0 Å². The molecular weight excluding hydrogens is 234 g/mol. The second-order valence-corrected chi connectivity index (χ2v) is 4.69. The van der Waals surface area contributed by atoms with E-state index in [0.29, 0.717) is 13.0 Å². The molecule has 0 spiro atoms. The molecule has 2 heterocycles. The lowest BCUT2D eigenvalue weighted by molar-refractivity contribution is -0.309. The first-order chi connectivity index (χ1) is 8.74. The standard InChI is InChI=1S/C13H17NO4/c14-11-6-9(15)12-10(17-11)7-16-13(18-12)8-4-2-1-3-5-8/h1-5,9-13,15H,6-7,14H2/t9-,10-,11+,12-,13?/m1/s1. The highest BCUT2D eigenvalue weighted by atomic mass is 16.7. The van der Waals surface area contributed by atoms with Gasteiger partial charge < -0.3 is 25.1 Å². The van der Waals surface area contributed by atoms with Crippen molar-refractivity contribution in [3.05, 3.63) is 35.9 Å². The summed E-state index contributed by atoms with van der Waals surface area (Å²) >= 11 is 0. The van der Waals surface area contributed by atoms with Crippen LogP contribution in [0.5, 0.6) is 0 Å². The number of fused-ring (bicyclic) bond motifs is 1. The van der Waals surface area contributed by atoms with Crippen LogP contribution < -0.4 is 5.73 Å². The minimum absolute atomic E-state index is 0.288. The predicted molar refractivity (Wildman–Crippen MR) is 63.5 cm³/mol. The van der Waals surface area contributed by atoms with E-state index in [1.807, 2.05) is 30.3 Å². The smallest absolute Gasteiger partial charge is 0.184 e. The monoisotopic (exact) mass is 251 g/mol. The van der Waals surface area contributed by atoms with Crippen LogP contribution in [0.2, 0.25) is 0 Å². The normalized spacial score (nSPS) is 40.2. The predicted octanol–water partition coefficient (Wildman–Crippen LogP) is 0.535. The van der Waals surface area contributed by atoms with Crippen molar-refractivity contribution >= 4 is 0 Å². The Kier molecular flexibility index (Phi) is 3.32. The Balaban J connectivity index is 1.73. The lowest BCUT2D eigenvalue weighted by Gasteiger charge is -2.43. The van der Waals surface area contributed by atoms with E-state index in [4.69, 9.17) is 19.9 Å². The summed E-state index contributed by atoms with van der Waals surface area (Å²) in [5.41, 5.74) is 6.63. The van der Waals surface area contributed by atoms with Crippen LogP contribution in [-0.4, -0.2) is 36.3 Å². The van der Waals surface area contributed by atoms with Gasteiger partial charge in [-0.3, -0.25) is 0 Å². The van der Waals surface area contributed by atoms with Gasteiger partial charge in [0, 0.05) is 12.0 Å². The summed E-state index contributed by atoms with van der Waals surface area (Å²) < 4.78 is 16.9. The lowest BCUT2D eigenvalue weighted by Crippen LogP contribution is -2.56. The summed E-state index contributed by atoms with van der Waals surface area (Å²) in [5.74, 6) is 0. The second kappa shape index (κ2) is 4.95. The quantitative estimate of drug-likeness (QED) is 0.762. The molecule has 0 amide bonds. The fourth-order valence-electron chi connectivity index (χ4n) is 2.44. The van der Waals surface area contributed by atoms with Crippen molar-refractivity contribution in [2.45, 2.75) is 37.3 Å². The van der Waals surface area contributed by atoms with Gasteiger partial charge in [0.1, 0.15) is 18.4 Å². The van der Waals surface area contributed by atoms with Gasteiger partial charge in [-0.2, -0.15) is 0 Å². The average molecular weight is 251 g/mol. The first-order valence-corrected chi connectivity index (χ1v) is 6.15. The van der Waals surface area contributed by atoms with Gasteiger partial charge in [0.15, 0.2) is 6.29 Å². The Bertz CT molecular complexity index is 399. The van der Waals surface area contributed by atoms with Gasteiger partial charge in [-0.25, -0.2) is 0 Å². The Hall–Kier alpha value is -0.980. The van der Waals surface area contributed by atoms with Crippen molar-refractivity contribution in [1.29, 1.82) is 0 Å². The summed E-state index contributed by atoms with van der Waals surface area (Å²) in [6.45, 7) is 0.384. The molecule has 0 aliphatic carbocycles. The van der Waals surface area contributed by atoms with E-state index >= 15 is 0 Å². The number of hydrogen-bond acceptors (Lipinski definition) is 5. The number of nitrogens with two attached hydrogens (primary N) is 1. The number of aliphatic hydroxyl groups is 1. The molecule has 0 saturated carbocycles. The van der Waals surface area contributed by atoms with E-state index in [1.54, 1.807) is 0 Å². The summed E-state index contributed by atoms with van der Waals surface area (Å²) in [4.78, 5) is 0. The first-order valence-electron chi connectivity index (χ1n) is 6.15. The molecule has 0 radical (unpaired) electrons. The van der Waals surface area contributed by atoms with Crippen LogP contribution in [0.4, 0.5) is 0 Å². The van der Waals surface area contributed by atoms with E-state index in [-0.39, 0.29) is 12.2 Å². The Morgan fingerprint density at radius 1 is 1.17 bits per heavy atom. The molecule has 2 aliphatic heterocycles. The molecule has 5 atom stereocenters. The molecule has 2 aliphatic rings. The first kappa shape index (κ1) is 12.1. The largest absolute Gasteiger partial charge is 0.390 e. The van der Waals surface area contributed by atoms with Gasteiger partial charge in [-0.15, -0.1) is 0 Å². The van der Waals surface area contributed by atoms with E-state index in [9.17, 15) is 5.11 Å². The fraction of sp³-hybridized carbons (Fsp3) is 0.538. The molecule has 0 bridgehead atoms. The average Bonchev–Trinajstić information content (AvgIpc) is 2.39. The van der Waals surface area contributed by atoms with E-state index < -0.39 is 18.6 Å². The molecule has 1 unspecified atom stereocenters. The molecule has 2 saturated heterocycles. The maximum atomic E-state index is 10.00. The van der Waals surface area contributed by atoms with Crippen LogP contribution in [0.3, 0.4) is 0 Å².